The van der Waals surface area contributed by atoms with Gasteiger partial charge in [-0.25, -0.2) is 0 Å². The van der Waals surface area contributed by atoms with E-state index in [9.17, 15) is 0 Å². The topological polar surface area (TPSA) is 52.0 Å². The van der Waals surface area contributed by atoms with Crippen molar-refractivity contribution in [3.05, 3.63) is 130 Å². The fourth-order valence-electron chi connectivity index (χ4n) is 8.75. The van der Waals surface area contributed by atoms with Crippen LogP contribution >= 0.6 is 0 Å². The van der Waals surface area contributed by atoms with Gasteiger partial charge in [-0.15, -0.1) is 0 Å². The van der Waals surface area contributed by atoms with Gasteiger partial charge in [0.25, 0.3) is 0 Å². The van der Waals surface area contributed by atoms with Crippen LogP contribution in [-0.2, 0) is 5.41 Å². The van der Waals surface area contributed by atoms with E-state index in [0.29, 0.717) is 11.8 Å². The van der Waals surface area contributed by atoms with E-state index in [-0.39, 0.29) is 5.41 Å². The first kappa shape index (κ1) is 36.8. The van der Waals surface area contributed by atoms with Gasteiger partial charge in [0.2, 0.25) is 0 Å². The summed E-state index contributed by atoms with van der Waals surface area (Å²) >= 11 is 0. The maximum atomic E-state index is 6.05. The first-order chi connectivity index (χ1) is 24.0. The van der Waals surface area contributed by atoms with E-state index in [2.05, 4.69) is 93.6 Å². The Kier molecular flexibility index (Phi) is 13.9. The third kappa shape index (κ3) is 9.59. The zero-order valence-corrected chi connectivity index (χ0v) is 30.9. The summed E-state index contributed by atoms with van der Waals surface area (Å²) in [6.45, 7) is 6.89. The monoisotopic (exact) mass is 657 g/mol. The number of benzene rings is 4. The van der Waals surface area contributed by atoms with E-state index in [1.165, 1.54) is 110 Å². The molecule has 0 amide bonds. The molecule has 49 heavy (non-hydrogen) atoms. The summed E-state index contributed by atoms with van der Waals surface area (Å²) in [5.74, 6) is 1.66. The van der Waals surface area contributed by atoms with Gasteiger partial charge in [0, 0.05) is 28.6 Å². The van der Waals surface area contributed by atoms with Crippen LogP contribution in [-0.4, -0.2) is 0 Å². The zero-order valence-electron chi connectivity index (χ0n) is 30.9. The number of anilines is 2. The van der Waals surface area contributed by atoms with Gasteiger partial charge in [0.15, 0.2) is 0 Å². The van der Waals surface area contributed by atoms with Crippen molar-refractivity contribution in [1.29, 1.82) is 0 Å². The van der Waals surface area contributed by atoms with Crippen LogP contribution in [0.4, 0.5) is 11.4 Å². The van der Waals surface area contributed by atoms with Crippen molar-refractivity contribution in [2.75, 3.05) is 11.5 Å². The second kappa shape index (κ2) is 18.5. The Balaban J connectivity index is 1.39. The minimum Gasteiger partial charge on any atom is -0.399 e. The quantitative estimate of drug-likeness (QED) is 0.0827. The Morgan fingerprint density at radius 3 is 1.24 bits per heavy atom. The fraction of sp³-hybridized carbons (Fsp3) is 0.489. The Morgan fingerprint density at radius 2 is 0.857 bits per heavy atom. The van der Waals surface area contributed by atoms with Crippen LogP contribution < -0.4 is 11.5 Å². The summed E-state index contributed by atoms with van der Waals surface area (Å²) in [6, 6.07) is 36.7. The Hall–Kier alpha value is -3.52. The van der Waals surface area contributed by atoms with E-state index < -0.39 is 0 Å². The average molecular weight is 657 g/mol. The lowest BCUT2D eigenvalue weighted by atomic mass is 9.62. The van der Waals surface area contributed by atoms with E-state index in [0.717, 1.165) is 43.0 Å². The smallest absolute Gasteiger partial charge is 0.0314 e. The third-order valence-electron chi connectivity index (χ3n) is 11.7. The molecule has 5 rings (SSSR count). The zero-order chi connectivity index (χ0) is 34.5. The molecule has 0 aromatic heterocycles. The molecule has 262 valence electrons. The third-order valence-corrected chi connectivity index (χ3v) is 11.7. The van der Waals surface area contributed by atoms with E-state index in [4.69, 9.17) is 11.5 Å². The second-order valence-electron chi connectivity index (χ2n) is 15.2. The number of rotatable bonds is 18. The Bertz CT molecular complexity index is 1390. The highest BCUT2D eigenvalue weighted by molar-refractivity contribution is 5.47. The summed E-state index contributed by atoms with van der Waals surface area (Å²) in [7, 11) is 0. The molecular formula is C47H64N2. The van der Waals surface area contributed by atoms with Crippen molar-refractivity contribution in [2.45, 2.75) is 141 Å². The molecule has 2 nitrogen and oxygen atoms in total. The van der Waals surface area contributed by atoms with Gasteiger partial charge in [-0.2, -0.15) is 0 Å². The van der Waals surface area contributed by atoms with Crippen LogP contribution in [0.15, 0.2) is 97.1 Å². The molecule has 2 heteroatoms. The highest BCUT2D eigenvalue weighted by atomic mass is 14.5. The van der Waals surface area contributed by atoms with Crippen molar-refractivity contribution in [3.63, 3.8) is 0 Å². The van der Waals surface area contributed by atoms with Crippen LogP contribution in [0.3, 0.4) is 0 Å². The lowest BCUT2D eigenvalue weighted by Gasteiger charge is -2.42. The van der Waals surface area contributed by atoms with Crippen molar-refractivity contribution in [2.24, 2.45) is 5.92 Å². The van der Waals surface area contributed by atoms with E-state index >= 15 is 0 Å². The second-order valence-corrected chi connectivity index (χ2v) is 15.2. The number of nitrogens with two attached hydrogens (primary N) is 2. The van der Waals surface area contributed by atoms with Gasteiger partial charge in [-0.05, 0) is 102 Å². The van der Waals surface area contributed by atoms with Gasteiger partial charge >= 0.3 is 0 Å². The molecule has 0 bridgehead atoms. The highest BCUT2D eigenvalue weighted by Crippen LogP contribution is 2.48. The molecule has 4 N–H and O–H groups in total. The average Bonchev–Trinajstić information content (AvgIpc) is 3.14. The van der Waals surface area contributed by atoms with Crippen molar-refractivity contribution >= 4 is 11.4 Å². The fourth-order valence-corrected chi connectivity index (χ4v) is 8.75. The molecular weight excluding hydrogens is 593 g/mol. The molecule has 2 atom stereocenters. The van der Waals surface area contributed by atoms with Gasteiger partial charge in [0.05, 0.1) is 0 Å². The van der Waals surface area contributed by atoms with Crippen LogP contribution in [0.25, 0.3) is 0 Å². The van der Waals surface area contributed by atoms with Crippen molar-refractivity contribution in [1.82, 2.24) is 0 Å². The molecule has 1 fully saturated rings. The largest absolute Gasteiger partial charge is 0.399 e. The summed E-state index contributed by atoms with van der Waals surface area (Å²) in [4.78, 5) is 0. The minimum atomic E-state index is 0.0661. The lowest BCUT2D eigenvalue weighted by molar-refractivity contribution is 0.250. The van der Waals surface area contributed by atoms with Crippen LogP contribution in [0, 0.1) is 5.92 Å². The standard InChI is InChI=1S/C47H64N2/c1-4-7-8-9-10-11-12-15-36-32-34-47(35-33-36,41-24-16-37(17-25-41)45(13-5-2)39-20-28-43(48)29-21-39)42-26-18-38(19-27-42)46(14-6-3)40-22-30-44(49)31-23-40/h16-31,36,45-46H,4-15,32-35,48-49H2,1-3H3. The van der Waals surface area contributed by atoms with E-state index in [1.54, 1.807) is 0 Å². The van der Waals surface area contributed by atoms with Crippen molar-refractivity contribution in [3.8, 4) is 0 Å². The van der Waals surface area contributed by atoms with Gasteiger partial charge in [-0.3, -0.25) is 0 Å². The molecule has 0 aliphatic heterocycles. The summed E-state index contributed by atoms with van der Waals surface area (Å²) in [6.07, 6.45) is 20.9. The molecule has 2 unspecified atom stereocenters. The predicted molar refractivity (Wildman–Crippen MR) is 213 cm³/mol. The molecule has 1 aliphatic carbocycles. The molecule has 0 heterocycles. The number of unbranched alkanes of at least 4 members (excludes halogenated alkanes) is 6. The molecule has 4 aromatic rings. The van der Waals surface area contributed by atoms with Gasteiger partial charge in [0.1, 0.15) is 0 Å². The minimum absolute atomic E-state index is 0.0661. The summed E-state index contributed by atoms with van der Waals surface area (Å²) < 4.78 is 0. The molecule has 0 saturated heterocycles. The summed E-state index contributed by atoms with van der Waals surface area (Å²) in [5, 5.41) is 0. The highest BCUT2D eigenvalue weighted by Gasteiger charge is 2.38. The molecule has 1 saturated carbocycles. The molecule has 1 aliphatic rings. The van der Waals surface area contributed by atoms with E-state index in [1.807, 2.05) is 24.3 Å². The molecule has 4 aromatic carbocycles. The van der Waals surface area contributed by atoms with Crippen LogP contribution in [0.5, 0.6) is 0 Å². The van der Waals surface area contributed by atoms with Crippen molar-refractivity contribution < 1.29 is 0 Å². The molecule has 0 spiro atoms. The number of nitrogen functional groups attached to an aromatic ring is 2. The SMILES string of the molecule is CCCCCCCCCC1CCC(c2ccc(C(CCC)c3ccc(N)cc3)cc2)(c2ccc(C(CCC)c3ccc(N)cc3)cc2)CC1. The normalized spacial score (nSPS) is 19.0. The van der Waals surface area contributed by atoms with Crippen LogP contribution in [0.2, 0.25) is 0 Å². The lowest BCUT2D eigenvalue weighted by Crippen LogP contribution is -2.33. The maximum Gasteiger partial charge on any atom is 0.0314 e. The van der Waals surface area contributed by atoms with Crippen LogP contribution in [0.1, 0.15) is 169 Å². The van der Waals surface area contributed by atoms with Gasteiger partial charge in [-0.1, -0.05) is 158 Å². The summed E-state index contributed by atoms with van der Waals surface area (Å²) in [5.41, 5.74) is 22.4. The number of hydrogen-bond acceptors (Lipinski definition) is 2. The predicted octanol–water partition coefficient (Wildman–Crippen LogP) is 13.3. The maximum absolute atomic E-state index is 6.05. The molecule has 0 radical (unpaired) electrons. The van der Waals surface area contributed by atoms with Gasteiger partial charge < -0.3 is 11.5 Å². The first-order valence-electron chi connectivity index (χ1n) is 19.9. The Morgan fingerprint density at radius 1 is 0.490 bits per heavy atom. The first-order valence-corrected chi connectivity index (χ1v) is 19.9. The Labute approximate surface area is 299 Å². The number of hydrogen-bond donors (Lipinski definition) is 2.